The Morgan fingerprint density at radius 2 is 2.28 bits per heavy atom. The number of aliphatic hydroxyl groups excluding tert-OH is 1. The van der Waals surface area contributed by atoms with Gasteiger partial charge in [-0.05, 0) is 28.4 Å². The van der Waals surface area contributed by atoms with Gasteiger partial charge in [-0.1, -0.05) is 0 Å². The molecule has 1 fully saturated rings. The van der Waals surface area contributed by atoms with E-state index in [1.54, 1.807) is 12.3 Å². The molecule has 1 aliphatic rings. The third-order valence-corrected chi connectivity index (χ3v) is 5.34. The van der Waals surface area contributed by atoms with Gasteiger partial charge in [0.2, 0.25) is 0 Å². The molecule has 0 spiro atoms. The minimum Gasteiger partial charge on any atom is -0.387 e. The standard InChI is InChI=1S/C11H11BrN2O3S/c12-9-3-8(4-14-5-9)10(15)11(6-13)1-2-18(16,17)7-11/h3-5,10,15H,1-2,7H2. The summed E-state index contributed by atoms with van der Waals surface area (Å²) in [5.41, 5.74) is -0.815. The molecule has 2 atom stereocenters. The van der Waals surface area contributed by atoms with Gasteiger partial charge in [0, 0.05) is 22.4 Å². The van der Waals surface area contributed by atoms with Crippen LogP contribution in [0.25, 0.3) is 0 Å². The van der Waals surface area contributed by atoms with Crippen molar-refractivity contribution in [3.63, 3.8) is 0 Å². The van der Waals surface area contributed by atoms with Crippen LogP contribution in [0.5, 0.6) is 0 Å². The van der Waals surface area contributed by atoms with Crippen LogP contribution in [0.2, 0.25) is 0 Å². The van der Waals surface area contributed by atoms with Gasteiger partial charge in [-0.15, -0.1) is 0 Å². The molecule has 7 heteroatoms. The molecular weight excluding hydrogens is 320 g/mol. The molecule has 1 aromatic heterocycles. The van der Waals surface area contributed by atoms with Crippen molar-refractivity contribution < 1.29 is 13.5 Å². The smallest absolute Gasteiger partial charge is 0.152 e. The number of aromatic nitrogens is 1. The largest absolute Gasteiger partial charge is 0.387 e. The molecule has 1 saturated heterocycles. The van der Waals surface area contributed by atoms with E-state index in [1.807, 2.05) is 6.07 Å². The van der Waals surface area contributed by atoms with Gasteiger partial charge in [-0.2, -0.15) is 5.26 Å². The van der Waals surface area contributed by atoms with Crippen LogP contribution in [-0.4, -0.2) is 30.0 Å². The van der Waals surface area contributed by atoms with Gasteiger partial charge in [-0.25, -0.2) is 8.42 Å². The predicted molar refractivity (Wildman–Crippen MR) is 68.2 cm³/mol. The van der Waals surface area contributed by atoms with Crippen LogP contribution >= 0.6 is 15.9 Å². The van der Waals surface area contributed by atoms with Crippen molar-refractivity contribution >= 4 is 25.8 Å². The average Bonchev–Trinajstić information content (AvgIpc) is 2.65. The number of halogens is 1. The van der Waals surface area contributed by atoms with Gasteiger partial charge < -0.3 is 5.11 Å². The zero-order valence-corrected chi connectivity index (χ0v) is 11.8. The summed E-state index contributed by atoms with van der Waals surface area (Å²) in [7, 11) is -3.24. The quantitative estimate of drug-likeness (QED) is 0.879. The van der Waals surface area contributed by atoms with E-state index in [1.165, 1.54) is 6.20 Å². The highest BCUT2D eigenvalue weighted by atomic mass is 79.9. The van der Waals surface area contributed by atoms with Crippen molar-refractivity contribution in [3.8, 4) is 6.07 Å². The van der Waals surface area contributed by atoms with Crippen LogP contribution in [-0.2, 0) is 9.84 Å². The lowest BCUT2D eigenvalue weighted by Gasteiger charge is -2.25. The number of pyridine rings is 1. The fourth-order valence-corrected chi connectivity index (χ4v) is 4.49. The second-order valence-electron chi connectivity index (χ2n) is 4.45. The Balaban J connectivity index is 2.39. The number of hydrogen-bond acceptors (Lipinski definition) is 5. The number of rotatable bonds is 2. The van der Waals surface area contributed by atoms with E-state index < -0.39 is 21.4 Å². The number of nitriles is 1. The lowest BCUT2D eigenvalue weighted by Crippen LogP contribution is -2.29. The lowest BCUT2D eigenvalue weighted by atomic mass is 9.80. The van der Waals surface area contributed by atoms with E-state index in [2.05, 4.69) is 20.9 Å². The highest BCUT2D eigenvalue weighted by molar-refractivity contribution is 9.10. The fraction of sp³-hybridized carbons (Fsp3) is 0.455. The first-order valence-electron chi connectivity index (χ1n) is 5.29. The van der Waals surface area contributed by atoms with Crippen LogP contribution in [0.1, 0.15) is 18.1 Å². The fourth-order valence-electron chi connectivity index (χ4n) is 2.14. The van der Waals surface area contributed by atoms with E-state index in [0.717, 1.165) is 0 Å². The van der Waals surface area contributed by atoms with Gasteiger partial charge in [0.25, 0.3) is 0 Å². The summed E-state index contributed by atoms with van der Waals surface area (Å²) in [5, 5.41) is 19.5. The van der Waals surface area contributed by atoms with Crippen molar-refractivity contribution in [2.75, 3.05) is 11.5 Å². The van der Waals surface area contributed by atoms with Crippen molar-refractivity contribution in [1.29, 1.82) is 5.26 Å². The highest BCUT2D eigenvalue weighted by Crippen LogP contribution is 2.42. The topological polar surface area (TPSA) is 91.0 Å². The van der Waals surface area contributed by atoms with Gasteiger partial charge in [0.15, 0.2) is 9.84 Å². The number of aliphatic hydroxyl groups is 1. The molecule has 0 aliphatic carbocycles. The summed E-state index contributed by atoms with van der Waals surface area (Å²) in [6.07, 6.45) is 2.00. The molecule has 2 unspecified atom stereocenters. The number of nitrogens with zero attached hydrogens (tertiary/aromatic N) is 2. The molecule has 0 radical (unpaired) electrons. The molecule has 1 N–H and O–H groups in total. The van der Waals surface area contributed by atoms with E-state index in [-0.39, 0.29) is 17.9 Å². The zero-order valence-electron chi connectivity index (χ0n) is 9.38. The second-order valence-corrected chi connectivity index (χ2v) is 7.55. The Hall–Kier alpha value is -0.970. The lowest BCUT2D eigenvalue weighted by molar-refractivity contribution is 0.0789. The monoisotopic (exact) mass is 330 g/mol. The first kappa shape index (κ1) is 13.5. The molecule has 0 aromatic carbocycles. The van der Waals surface area contributed by atoms with Crippen LogP contribution in [0.4, 0.5) is 0 Å². The summed E-state index contributed by atoms with van der Waals surface area (Å²) >= 11 is 3.23. The summed E-state index contributed by atoms with van der Waals surface area (Å²) in [4.78, 5) is 3.91. The Morgan fingerprint density at radius 3 is 2.78 bits per heavy atom. The van der Waals surface area contributed by atoms with Crippen molar-refractivity contribution in [2.24, 2.45) is 5.41 Å². The van der Waals surface area contributed by atoms with Gasteiger partial charge in [0.05, 0.1) is 17.6 Å². The van der Waals surface area contributed by atoms with Crippen molar-refractivity contribution in [2.45, 2.75) is 12.5 Å². The maximum Gasteiger partial charge on any atom is 0.152 e. The summed E-state index contributed by atoms with van der Waals surface area (Å²) in [5.74, 6) is -0.358. The second kappa shape index (κ2) is 4.61. The van der Waals surface area contributed by atoms with E-state index in [0.29, 0.717) is 10.0 Å². The Kier molecular flexibility index (Phi) is 3.45. The number of sulfone groups is 1. The highest BCUT2D eigenvalue weighted by Gasteiger charge is 2.48. The molecule has 1 aromatic rings. The molecule has 2 rings (SSSR count). The van der Waals surface area contributed by atoms with E-state index in [4.69, 9.17) is 0 Å². The van der Waals surface area contributed by atoms with E-state index in [9.17, 15) is 18.8 Å². The minimum absolute atomic E-state index is 0.0565. The Labute approximate surface area is 114 Å². The minimum atomic E-state index is -3.24. The summed E-state index contributed by atoms with van der Waals surface area (Å²) in [6, 6.07) is 3.62. The molecule has 0 bridgehead atoms. The average molecular weight is 331 g/mol. The molecular formula is C11H11BrN2O3S. The Bertz CT molecular complexity index is 611. The number of hydrogen-bond donors (Lipinski definition) is 1. The van der Waals surface area contributed by atoms with Crippen LogP contribution in [0.15, 0.2) is 22.9 Å². The maximum atomic E-state index is 11.5. The first-order chi connectivity index (χ1) is 8.38. The molecule has 18 heavy (non-hydrogen) atoms. The zero-order chi connectivity index (χ0) is 13.4. The van der Waals surface area contributed by atoms with Gasteiger partial charge in [-0.3, -0.25) is 4.98 Å². The third-order valence-electron chi connectivity index (χ3n) is 3.12. The molecule has 1 aliphatic heterocycles. The van der Waals surface area contributed by atoms with Crippen LogP contribution in [0, 0.1) is 16.7 Å². The van der Waals surface area contributed by atoms with Crippen LogP contribution < -0.4 is 0 Å². The third kappa shape index (κ3) is 2.41. The Morgan fingerprint density at radius 1 is 1.56 bits per heavy atom. The summed E-state index contributed by atoms with van der Waals surface area (Å²) in [6.45, 7) is 0. The van der Waals surface area contributed by atoms with Crippen molar-refractivity contribution in [1.82, 2.24) is 4.98 Å². The van der Waals surface area contributed by atoms with Gasteiger partial charge >= 0.3 is 0 Å². The molecule has 2 heterocycles. The normalized spacial score (nSPS) is 27.6. The molecule has 0 amide bonds. The molecule has 96 valence electrons. The van der Waals surface area contributed by atoms with E-state index >= 15 is 0 Å². The first-order valence-corrected chi connectivity index (χ1v) is 7.90. The van der Waals surface area contributed by atoms with Crippen LogP contribution in [0.3, 0.4) is 0 Å². The summed E-state index contributed by atoms with van der Waals surface area (Å²) < 4.78 is 23.7. The predicted octanol–water partition coefficient (Wildman–Crippen LogP) is 1.21. The SMILES string of the molecule is N#CC1(C(O)c2cncc(Br)c2)CCS(=O)(=O)C1. The van der Waals surface area contributed by atoms with Crippen molar-refractivity contribution in [3.05, 3.63) is 28.5 Å². The van der Waals surface area contributed by atoms with Gasteiger partial charge in [0.1, 0.15) is 11.5 Å². The molecule has 0 saturated carbocycles. The molecule has 5 nitrogen and oxygen atoms in total. The maximum absolute atomic E-state index is 11.5.